The molecule has 0 spiro atoms. The fraction of sp³-hybridized carbons (Fsp3) is 0. The van der Waals surface area contributed by atoms with Gasteiger partial charge in [0, 0.05) is 11.3 Å². The van der Waals surface area contributed by atoms with Crippen molar-refractivity contribution in [3.05, 3.63) is 102 Å². The number of hydrogen-bond acceptors (Lipinski definition) is 1. The van der Waals surface area contributed by atoms with E-state index in [1.807, 2.05) is 66.7 Å². The fourth-order valence-electron chi connectivity index (χ4n) is 2.27. The average Bonchev–Trinajstić information content (AvgIpc) is 2.62. The van der Waals surface area contributed by atoms with Crippen molar-refractivity contribution in [1.29, 1.82) is 0 Å². The average molecular weight is 299 g/mol. The van der Waals surface area contributed by atoms with Crippen LogP contribution in [-0.4, -0.2) is 5.91 Å². The predicted octanol–water partition coefficient (Wildman–Crippen LogP) is 5.11. The highest BCUT2D eigenvalue weighted by Gasteiger charge is 2.04. The van der Waals surface area contributed by atoms with E-state index in [2.05, 4.69) is 23.5 Å². The van der Waals surface area contributed by atoms with Gasteiger partial charge >= 0.3 is 0 Å². The second-order valence-electron chi connectivity index (χ2n) is 5.19. The number of hydrogen-bond donors (Lipinski definition) is 1. The molecular formula is C21H17NO. The SMILES string of the molecule is O=C(Nc1cccc(/C=C/c2ccccc2)c1)c1ccccc1. The number of anilines is 1. The first kappa shape index (κ1) is 14.8. The normalized spacial score (nSPS) is 10.6. The minimum absolute atomic E-state index is 0.102. The molecule has 3 rings (SSSR count). The van der Waals surface area contributed by atoms with Crippen molar-refractivity contribution in [3.8, 4) is 0 Å². The number of benzene rings is 3. The summed E-state index contributed by atoms with van der Waals surface area (Å²) in [5, 5.41) is 2.92. The minimum Gasteiger partial charge on any atom is -0.322 e. The maximum absolute atomic E-state index is 12.2. The summed E-state index contributed by atoms with van der Waals surface area (Å²) in [4.78, 5) is 12.2. The van der Waals surface area contributed by atoms with Gasteiger partial charge in [-0.25, -0.2) is 0 Å². The van der Waals surface area contributed by atoms with E-state index in [-0.39, 0.29) is 5.91 Å². The molecule has 3 aromatic carbocycles. The van der Waals surface area contributed by atoms with Crippen LogP contribution in [0, 0.1) is 0 Å². The highest BCUT2D eigenvalue weighted by molar-refractivity contribution is 6.04. The van der Waals surface area contributed by atoms with Gasteiger partial charge in [-0.1, -0.05) is 72.8 Å². The lowest BCUT2D eigenvalue weighted by Crippen LogP contribution is -2.11. The highest BCUT2D eigenvalue weighted by atomic mass is 16.1. The zero-order valence-corrected chi connectivity index (χ0v) is 12.6. The second kappa shape index (κ2) is 7.23. The first-order valence-corrected chi connectivity index (χ1v) is 7.51. The molecule has 0 bridgehead atoms. The van der Waals surface area contributed by atoms with Crippen molar-refractivity contribution >= 4 is 23.7 Å². The Bertz CT molecular complexity index is 808. The highest BCUT2D eigenvalue weighted by Crippen LogP contribution is 2.15. The molecule has 2 nitrogen and oxygen atoms in total. The van der Waals surface area contributed by atoms with Crippen LogP contribution in [-0.2, 0) is 0 Å². The summed E-state index contributed by atoms with van der Waals surface area (Å²) in [5.41, 5.74) is 3.62. The molecule has 1 amide bonds. The van der Waals surface area contributed by atoms with Gasteiger partial charge in [0.2, 0.25) is 0 Å². The van der Waals surface area contributed by atoms with Crippen LogP contribution in [0.4, 0.5) is 5.69 Å². The van der Waals surface area contributed by atoms with E-state index < -0.39 is 0 Å². The summed E-state index contributed by atoms with van der Waals surface area (Å²) in [6.45, 7) is 0. The van der Waals surface area contributed by atoms with Gasteiger partial charge in [-0.05, 0) is 35.4 Å². The quantitative estimate of drug-likeness (QED) is 0.666. The largest absolute Gasteiger partial charge is 0.322 e. The van der Waals surface area contributed by atoms with Gasteiger partial charge in [-0.2, -0.15) is 0 Å². The molecular weight excluding hydrogens is 282 g/mol. The molecule has 3 aromatic rings. The summed E-state index contributed by atoms with van der Waals surface area (Å²) in [7, 11) is 0. The lowest BCUT2D eigenvalue weighted by Gasteiger charge is -2.06. The molecule has 0 saturated carbocycles. The number of carbonyl (C=O) groups is 1. The van der Waals surface area contributed by atoms with Crippen LogP contribution in [0.25, 0.3) is 12.2 Å². The summed E-state index contributed by atoms with van der Waals surface area (Å²) in [5.74, 6) is -0.102. The molecule has 0 aliphatic rings. The van der Waals surface area contributed by atoms with Gasteiger partial charge in [0.1, 0.15) is 0 Å². The van der Waals surface area contributed by atoms with Gasteiger partial charge in [-0.3, -0.25) is 4.79 Å². The molecule has 0 fully saturated rings. The van der Waals surface area contributed by atoms with Gasteiger partial charge in [0.15, 0.2) is 0 Å². The molecule has 23 heavy (non-hydrogen) atoms. The van der Waals surface area contributed by atoms with Crippen LogP contribution in [0.2, 0.25) is 0 Å². The zero-order chi connectivity index (χ0) is 15.9. The lowest BCUT2D eigenvalue weighted by atomic mass is 10.1. The molecule has 0 radical (unpaired) electrons. The van der Waals surface area contributed by atoms with Crippen molar-refractivity contribution in [2.75, 3.05) is 5.32 Å². The Hall–Kier alpha value is -3.13. The number of nitrogens with one attached hydrogen (secondary N) is 1. The first-order chi connectivity index (χ1) is 11.3. The first-order valence-electron chi connectivity index (χ1n) is 7.51. The van der Waals surface area contributed by atoms with Crippen molar-refractivity contribution in [2.45, 2.75) is 0 Å². The Morgan fingerprint density at radius 3 is 2.04 bits per heavy atom. The Morgan fingerprint density at radius 2 is 1.30 bits per heavy atom. The van der Waals surface area contributed by atoms with E-state index in [4.69, 9.17) is 0 Å². The minimum atomic E-state index is -0.102. The van der Waals surface area contributed by atoms with Gasteiger partial charge in [0.25, 0.3) is 5.91 Å². The van der Waals surface area contributed by atoms with E-state index in [0.29, 0.717) is 5.56 Å². The maximum Gasteiger partial charge on any atom is 0.255 e. The van der Waals surface area contributed by atoms with E-state index >= 15 is 0 Å². The summed E-state index contributed by atoms with van der Waals surface area (Å²) < 4.78 is 0. The van der Waals surface area contributed by atoms with E-state index in [9.17, 15) is 4.79 Å². The summed E-state index contributed by atoms with van der Waals surface area (Å²) in [6, 6.07) is 27.1. The third-order valence-corrected chi connectivity index (χ3v) is 3.45. The second-order valence-corrected chi connectivity index (χ2v) is 5.19. The lowest BCUT2D eigenvalue weighted by molar-refractivity contribution is 0.102. The van der Waals surface area contributed by atoms with Gasteiger partial charge in [0.05, 0.1) is 0 Å². The molecule has 1 N–H and O–H groups in total. The Kier molecular flexibility index (Phi) is 4.65. The van der Waals surface area contributed by atoms with Crippen molar-refractivity contribution in [3.63, 3.8) is 0 Å². The number of carbonyl (C=O) groups excluding carboxylic acids is 1. The summed E-state index contributed by atoms with van der Waals surface area (Å²) in [6.07, 6.45) is 4.09. The third kappa shape index (κ3) is 4.17. The Labute approximate surface area is 136 Å². The number of amides is 1. The van der Waals surface area contributed by atoms with Gasteiger partial charge in [-0.15, -0.1) is 0 Å². The van der Waals surface area contributed by atoms with E-state index in [1.165, 1.54) is 0 Å². The van der Waals surface area contributed by atoms with Crippen LogP contribution in [0.3, 0.4) is 0 Å². The molecule has 0 atom stereocenters. The Morgan fingerprint density at radius 1 is 0.696 bits per heavy atom. The van der Waals surface area contributed by atoms with Crippen LogP contribution >= 0.6 is 0 Å². The van der Waals surface area contributed by atoms with Crippen molar-refractivity contribution < 1.29 is 4.79 Å². The fourth-order valence-corrected chi connectivity index (χ4v) is 2.27. The maximum atomic E-state index is 12.2. The topological polar surface area (TPSA) is 29.1 Å². The predicted molar refractivity (Wildman–Crippen MR) is 96.2 cm³/mol. The monoisotopic (exact) mass is 299 g/mol. The molecule has 112 valence electrons. The summed E-state index contributed by atoms with van der Waals surface area (Å²) >= 11 is 0. The smallest absolute Gasteiger partial charge is 0.255 e. The molecule has 0 aliphatic heterocycles. The molecule has 0 saturated heterocycles. The third-order valence-electron chi connectivity index (χ3n) is 3.45. The molecule has 0 unspecified atom stereocenters. The van der Waals surface area contributed by atoms with Crippen LogP contribution in [0.1, 0.15) is 21.5 Å². The Balaban J connectivity index is 1.73. The van der Waals surface area contributed by atoms with Crippen molar-refractivity contribution in [2.24, 2.45) is 0 Å². The zero-order valence-electron chi connectivity index (χ0n) is 12.6. The van der Waals surface area contributed by atoms with Crippen molar-refractivity contribution in [1.82, 2.24) is 0 Å². The molecule has 0 aliphatic carbocycles. The molecule has 0 heterocycles. The van der Waals surface area contributed by atoms with Crippen LogP contribution in [0.15, 0.2) is 84.9 Å². The standard InChI is InChI=1S/C21H17NO/c23-21(19-11-5-2-6-12-19)22-20-13-7-10-18(16-20)15-14-17-8-3-1-4-9-17/h1-16H,(H,22,23)/b15-14+. The van der Waals surface area contributed by atoms with Gasteiger partial charge < -0.3 is 5.32 Å². The molecule has 2 heteroatoms. The van der Waals surface area contributed by atoms with E-state index in [1.54, 1.807) is 12.1 Å². The van der Waals surface area contributed by atoms with E-state index in [0.717, 1.165) is 16.8 Å². The van der Waals surface area contributed by atoms with Crippen LogP contribution < -0.4 is 5.32 Å². The van der Waals surface area contributed by atoms with Crippen LogP contribution in [0.5, 0.6) is 0 Å². The molecule has 0 aromatic heterocycles. The number of rotatable bonds is 4.